The molecule has 0 aromatic heterocycles. The quantitative estimate of drug-likeness (QED) is 0.572. The van der Waals surface area contributed by atoms with Crippen molar-refractivity contribution in [3.8, 4) is 0 Å². The summed E-state index contributed by atoms with van der Waals surface area (Å²) in [6, 6.07) is -0.273. The molecule has 0 aromatic carbocycles. The third kappa shape index (κ3) is 4.48. The van der Waals surface area contributed by atoms with Crippen LogP contribution >= 0.6 is 0 Å². The highest BCUT2D eigenvalue weighted by molar-refractivity contribution is 5.75. The van der Waals surface area contributed by atoms with Crippen molar-refractivity contribution >= 4 is 5.97 Å². The highest BCUT2D eigenvalue weighted by Gasteiger charge is 2.38. The minimum Gasteiger partial charge on any atom is -0.477 e. The lowest BCUT2D eigenvalue weighted by atomic mass is 10.1. The van der Waals surface area contributed by atoms with Crippen LogP contribution in [0.4, 0.5) is 8.78 Å². The van der Waals surface area contributed by atoms with Crippen LogP contribution in [0.3, 0.4) is 0 Å². The second kappa shape index (κ2) is 5.87. The van der Waals surface area contributed by atoms with Gasteiger partial charge in [0.2, 0.25) is 0 Å². The zero-order valence-corrected chi connectivity index (χ0v) is 7.96. The van der Waals surface area contributed by atoms with Crippen LogP contribution < -0.4 is 5.32 Å². The maximum absolute atomic E-state index is 12.6. The van der Waals surface area contributed by atoms with Crippen molar-refractivity contribution in [3.63, 3.8) is 0 Å². The van der Waals surface area contributed by atoms with Gasteiger partial charge in [0.05, 0.1) is 6.54 Å². The Morgan fingerprint density at radius 2 is 2.14 bits per heavy atom. The molecule has 0 aliphatic rings. The highest BCUT2D eigenvalue weighted by atomic mass is 19.3. The second-order valence-electron chi connectivity index (χ2n) is 3.01. The van der Waals surface area contributed by atoms with Gasteiger partial charge in [-0.15, -0.1) is 0 Å². The lowest BCUT2D eigenvalue weighted by Crippen LogP contribution is -2.43. The molecule has 0 fully saturated rings. The Bertz CT molecular complexity index is 187. The third-order valence-corrected chi connectivity index (χ3v) is 1.90. The number of aliphatic hydroxyl groups is 1. The Balaban J connectivity index is 3.95. The molecule has 0 aromatic rings. The normalized spacial score (nSPS) is 14.0. The van der Waals surface area contributed by atoms with E-state index in [1.807, 2.05) is 0 Å². The largest absolute Gasteiger partial charge is 0.477 e. The zero-order valence-electron chi connectivity index (χ0n) is 7.96. The van der Waals surface area contributed by atoms with Gasteiger partial charge in [-0.3, -0.25) is 0 Å². The van der Waals surface area contributed by atoms with Crippen LogP contribution in [0.25, 0.3) is 0 Å². The van der Waals surface area contributed by atoms with Crippen LogP contribution in [-0.2, 0) is 4.79 Å². The van der Waals surface area contributed by atoms with Crippen molar-refractivity contribution in [2.24, 2.45) is 0 Å². The van der Waals surface area contributed by atoms with Crippen molar-refractivity contribution in [2.75, 3.05) is 13.2 Å². The van der Waals surface area contributed by atoms with E-state index in [9.17, 15) is 13.6 Å². The minimum absolute atomic E-state index is 0.107. The summed E-state index contributed by atoms with van der Waals surface area (Å²) in [5, 5.41) is 19.1. The lowest BCUT2D eigenvalue weighted by Gasteiger charge is -2.18. The minimum atomic E-state index is -3.75. The lowest BCUT2D eigenvalue weighted by molar-refractivity contribution is -0.164. The molecule has 3 N–H and O–H groups in total. The van der Waals surface area contributed by atoms with Crippen LogP contribution in [0.2, 0.25) is 0 Å². The molecule has 0 saturated heterocycles. The summed E-state index contributed by atoms with van der Waals surface area (Å²) in [6.07, 6.45) is 0.905. The van der Waals surface area contributed by atoms with E-state index in [0.717, 1.165) is 0 Å². The summed E-state index contributed by atoms with van der Waals surface area (Å²) in [5.74, 6) is -5.88. The average Bonchev–Trinajstić information content (AvgIpc) is 2.12. The maximum atomic E-state index is 12.6. The van der Waals surface area contributed by atoms with Gasteiger partial charge in [0, 0.05) is 12.6 Å². The van der Waals surface area contributed by atoms with Crippen molar-refractivity contribution < 1.29 is 23.8 Å². The second-order valence-corrected chi connectivity index (χ2v) is 3.01. The maximum Gasteiger partial charge on any atom is 0.375 e. The molecule has 1 unspecified atom stereocenters. The average molecular weight is 211 g/mol. The molecule has 0 rings (SSSR count). The highest BCUT2D eigenvalue weighted by Crippen LogP contribution is 2.12. The van der Waals surface area contributed by atoms with Gasteiger partial charge in [-0.25, -0.2) is 4.79 Å². The fraction of sp³-hybridized carbons (Fsp3) is 0.875. The topological polar surface area (TPSA) is 69.6 Å². The number of aliphatic hydroxyl groups excluding tert-OH is 1. The zero-order chi connectivity index (χ0) is 11.2. The van der Waals surface area contributed by atoms with E-state index in [2.05, 4.69) is 5.32 Å². The van der Waals surface area contributed by atoms with Crippen LogP contribution in [0.15, 0.2) is 0 Å². The predicted octanol–water partition coefficient (Wildman–Crippen LogP) is 0.457. The molecule has 14 heavy (non-hydrogen) atoms. The van der Waals surface area contributed by atoms with Gasteiger partial charge in [0.15, 0.2) is 0 Å². The monoisotopic (exact) mass is 211 g/mol. The molecule has 84 valence electrons. The van der Waals surface area contributed by atoms with E-state index in [1.165, 1.54) is 0 Å². The van der Waals surface area contributed by atoms with Crippen LogP contribution in [-0.4, -0.2) is 41.3 Å². The number of nitrogens with one attached hydrogen (secondary N) is 1. The van der Waals surface area contributed by atoms with E-state index < -0.39 is 18.4 Å². The Hall–Kier alpha value is -0.750. The molecule has 1 atom stereocenters. The number of aliphatic carboxylic acids is 1. The number of alkyl halides is 2. The molecule has 0 amide bonds. The molecule has 0 aliphatic heterocycles. The summed E-state index contributed by atoms with van der Waals surface area (Å²) in [7, 11) is 0. The number of hydrogen-bond donors (Lipinski definition) is 3. The van der Waals surface area contributed by atoms with Gasteiger partial charge in [0.25, 0.3) is 0 Å². The van der Waals surface area contributed by atoms with Crippen molar-refractivity contribution in [3.05, 3.63) is 0 Å². The van der Waals surface area contributed by atoms with Crippen molar-refractivity contribution in [2.45, 2.75) is 31.7 Å². The molecular weight excluding hydrogens is 196 g/mol. The van der Waals surface area contributed by atoms with E-state index in [1.54, 1.807) is 6.92 Å². The number of carboxylic acid groups (broad SMARTS) is 1. The third-order valence-electron chi connectivity index (χ3n) is 1.90. The predicted molar refractivity (Wildman–Crippen MR) is 46.4 cm³/mol. The molecule has 0 aliphatic carbocycles. The van der Waals surface area contributed by atoms with Gasteiger partial charge < -0.3 is 15.5 Å². The summed E-state index contributed by atoms with van der Waals surface area (Å²) in [5.41, 5.74) is 0. The Labute approximate surface area is 80.9 Å². The van der Waals surface area contributed by atoms with Gasteiger partial charge in [-0.05, 0) is 12.8 Å². The Kier molecular flexibility index (Phi) is 5.56. The summed E-state index contributed by atoms with van der Waals surface area (Å²) in [4.78, 5) is 10.0. The van der Waals surface area contributed by atoms with Gasteiger partial charge in [-0.1, -0.05) is 6.92 Å². The molecule has 0 radical (unpaired) electrons. The number of carbonyl (C=O) groups is 1. The van der Waals surface area contributed by atoms with E-state index in [4.69, 9.17) is 10.2 Å². The summed E-state index contributed by atoms with van der Waals surface area (Å²) in [6.45, 7) is 0.761. The van der Waals surface area contributed by atoms with Gasteiger partial charge >= 0.3 is 11.9 Å². The smallest absolute Gasteiger partial charge is 0.375 e. The number of hydrogen-bond acceptors (Lipinski definition) is 3. The fourth-order valence-electron chi connectivity index (χ4n) is 0.954. The van der Waals surface area contributed by atoms with Gasteiger partial charge in [0.1, 0.15) is 0 Å². The first-order chi connectivity index (χ1) is 6.44. The van der Waals surface area contributed by atoms with E-state index in [0.29, 0.717) is 12.8 Å². The number of rotatable bonds is 7. The van der Waals surface area contributed by atoms with Crippen molar-refractivity contribution in [1.82, 2.24) is 5.32 Å². The molecular formula is C8H15F2NO3. The van der Waals surface area contributed by atoms with Crippen molar-refractivity contribution in [1.29, 1.82) is 0 Å². The summed E-state index contributed by atoms with van der Waals surface area (Å²) >= 11 is 0. The molecule has 0 heterocycles. The molecule has 6 heteroatoms. The van der Waals surface area contributed by atoms with Crippen LogP contribution in [0, 0.1) is 0 Å². The molecule has 0 saturated carbocycles. The molecule has 0 bridgehead atoms. The fourth-order valence-corrected chi connectivity index (χ4v) is 0.954. The SMILES string of the molecule is CCC(CCO)NCC(F)(F)C(=O)O. The first kappa shape index (κ1) is 13.2. The number of halogens is 2. The summed E-state index contributed by atoms with van der Waals surface area (Å²) < 4.78 is 25.1. The first-order valence-electron chi connectivity index (χ1n) is 4.39. The molecule has 0 spiro atoms. The Morgan fingerprint density at radius 3 is 2.50 bits per heavy atom. The van der Waals surface area contributed by atoms with Gasteiger partial charge in [-0.2, -0.15) is 8.78 Å². The molecule has 4 nitrogen and oxygen atoms in total. The first-order valence-corrected chi connectivity index (χ1v) is 4.39. The van der Waals surface area contributed by atoms with Crippen LogP contribution in [0.1, 0.15) is 19.8 Å². The van der Waals surface area contributed by atoms with E-state index in [-0.39, 0.29) is 12.6 Å². The van der Waals surface area contributed by atoms with Crippen LogP contribution in [0.5, 0.6) is 0 Å². The number of carboxylic acids is 1. The Morgan fingerprint density at radius 1 is 1.57 bits per heavy atom. The standard InChI is InChI=1S/C8H15F2NO3/c1-2-6(3-4-12)11-5-8(9,10)7(13)14/h6,11-12H,2-5H2,1H3,(H,13,14). The van der Waals surface area contributed by atoms with E-state index >= 15 is 0 Å².